The van der Waals surface area contributed by atoms with Gasteiger partial charge in [-0.2, -0.15) is 0 Å². The standard InChI is InChI=1S/C19H14F3N3O2.C12H11N3O.C7H5BF3O3/c1-13-17(11-6-14-5-3-4-12-23-14)18(26-2)24-25(13)15-7-9-16(10-8-15)27-19(20,21)22;1-9-11(12(16-2)15-14-9)7-6-10-5-3-4-8-13-10;9-7(10,11)13-5-1-3-6(4-2-5)14-8-12/h3-5,7-10,12H,1-2H3;3-5,8H,1-2H3,(H,14,15);1-4,12H. The summed E-state index contributed by atoms with van der Waals surface area (Å²) in [6.45, 7) is 3.69. The number of hydrogen-bond acceptors (Lipinski definition) is 10. The normalized spacial score (nSPS) is 10.4. The number of rotatable bonds is 7. The summed E-state index contributed by atoms with van der Waals surface area (Å²) in [5.41, 5.74) is 4.78. The molecule has 12 nitrogen and oxygen atoms in total. The highest BCUT2D eigenvalue weighted by atomic mass is 19.4. The molecule has 57 heavy (non-hydrogen) atoms. The van der Waals surface area contributed by atoms with Gasteiger partial charge in [-0.05, 0) is 98.5 Å². The van der Waals surface area contributed by atoms with Gasteiger partial charge in [-0.25, -0.2) is 14.6 Å². The minimum absolute atomic E-state index is 0.210. The van der Waals surface area contributed by atoms with Crippen molar-refractivity contribution in [3.63, 3.8) is 0 Å². The molecule has 19 heteroatoms. The van der Waals surface area contributed by atoms with Gasteiger partial charge in [0.15, 0.2) is 0 Å². The van der Waals surface area contributed by atoms with Crippen molar-refractivity contribution < 1.29 is 55.0 Å². The SMILES string of the molecule is COc1n[nH]c(C)c1C#Cc1ccccn1.COc1nn(-c2ccc(OC(F)(F)F)cc2)c(C)c1C#Cc1ccccn1.O[B]Oc1ccc(OC(F)(F)F)cc1. The Bertz CT molecular complexity index is 2300. The largest absolute Gasteiger partial charge is 0.573 e. The third-order valence-electron chi connectivity index (χ3n) is 6.91. The maximum atomic E-state index is 12.3. The molecule has 0 saturated heterocycles. The fourth-order valence-electron chi connectivity index (χ4n) is 4.41. The Balaban J connectivity index is 0.000000205. The van der Waals surface area contributed by atoms with Gasteiger partial charge in [0.25, 0.3) is 0 Å². The van der Waals surface area contributed by atoms with Crippen LogP contribution < -0.4 is 23.6 Å². The Morgan fingerprint density at radius 2 is 1.14 bits per heavy atom. The first-order valence-electron chi connectivity index (χ1n) is 16.1. The zero-order valence-corrected chi connectivity index (χ0v) is 30.3. The number of ether oxygens (including phenoxy) is 4. The summed E-state index contributed by atoms with van der Waals surface area (Å²) in [5, 5.41) is 19.3. The number of aromatic nitrogens is 6. The minimum Gasteiger partial charge on any atom is -0.537 e. The number of aryl methyl sites for hydroxylation is 1. The summed E-state index contributed by atoms with van der Waals surface area (Å²) in [6, 6.07) is 21.0. The van der Waals surface area contributed by atoms with Gasteiger partial charge in [0.2, 0.25) is 11.8 Å². The highest BCUT2D eigenvalue weighted by molar-refractivity contribution is 6.17. The van der Waals surface area contributed by atoms with Crippen LogP contribution in [0.1, 0.15) is 33.9 Å². The van der Waals surface area contributed by atoms with E-state index in [1.807, 2.05) is 31.2 Å². The van der Waals surface area contributed by atoms with Crippen LogP contribution in [0.4, 0.5) is 26.3 Å². The molecular formula is C38H30BF6N6O6. The molecule has 4 heterocycles. The van der Waals surface area contributed by atoms with E-state index in [1.165, 1.54) is 43.5 Å². The first-order valence-corrected chi connectivity index (χ1v) is 16.1. The predicted molar refractivity (Wildman–Crippen MR) is 194 cm³/mol. The van der Waals surface area contributed by atoms with E-state index in [-0.39, 0.29) is 17.2 Å². The Kier molecular flexibility index (Phi) is 14.9. The number of hydrogen-bond donors (Lipinski definition) is 2. The third kappa shape index (κ3) is 13.6. The van der Waals surface area contributed by atoms with Gasteiger partial charge in [0.05, 0.1) is 31.3 Å². The quantitative estimate of drug-likeness (QED) is 0.0999. The predicted octanol–water partition coefficient (Wildman–Crippen LogP) is 6.89. The fourth-order valence-corrected chi connectivity index (χ4v) is 4.41. The second-order valence-electron chi connectivity index (χ2n) is 10.8. The Hall–Kier alpha value is -7.12. The lowest BCUT2D eigenvalue weighted by atomic mass is 10.2. The van der Waals surface area contributed by atoms with Crippen LogP contribution in [0.5, 0.6) is 29.0 Å². The van der Waals surface area contributed by atoms with Crippen molar-refractivity contribution in [2.75, 3.05) is 14.2 Å². The first kappa shape index (κ1) is 42.6. The van der Waals surface area contributed by atoms with Crippen LogP contribution in [0.25, 0.3) is 5.69 Å². The molecule has 0 aliphatic heterocycles. The van der Waals surface area contributed by atoms with Crippen molar-refractivity contribution >= 4 is 7.69 Å². The van der Waals surface area contributed by atoms with Gasteiger partial charge in [-0.1, -0.05) is 24.0 Å². The van der Waals surface area contributed by atoms with Crippen molar-refractivity contribution in [3.05, 3.63) is 131 Å². The summed E-state index contributed by atoms with van der Waals surface area (Å²) < 4.78 is 95.8. The molecule has 2 aromatic carbocycles. The molecule has 293 valence electrons. The van der Waals surface area contributed by atoms with Gasteiger partial charge in [-0.15, -0.1) is 36.5 Å². The van der Waals surface area contributed by atoms with E-state index in [2.05, 4.69) is 63.1 Å². The van der Waals surface area contributed by atoms with Crippen molar-refractivity contribution in [3.8, 4) is 58.4 Å². The summed E-state index contributed by atoms with van der Waals surface area (Å²) in [6.07, 6.45) is -6.09. The number of benzene rings is 2. The topological polar surface area (TPSA) is 139 Å². The van der Waals surface area contributed by atoms with Crippen LogP contribution in [0.15, 0.2) is 97.3 Å². The molecule has 6 aromatic rings. The fraction of sp³-hybridized carbons (Fsp3) is 0.158. The molecule has 2 N–H and O–H groups in total. The van der Waals surface area contributed by atoms with Crippen molar-refractivity contribution in [2.24, 2.45) is 0 Å². The van der Waals surface area contributed by atoms with Crippen LogP contribution in [0, 0.1) is 37.5 Å². The Morgan fingerprint density at radius 1 is 0.649 bits per heavy atom. The van der Waals surface area contributed by atoms with Gasteiger partial charge in [0.1, 0.15) is 39.8 Å². The van der Waals surface area contributed by atoms with E-state index in [0.29, 0.717) is 42.1 Å². The number of alkyl halides is 6. The van der Waals surface area contributed by atoms with Crippen LogP contribution in [-0.4, -0.2) is 69.6 Å². The number of H-pyrrole nitrogens is 1. The minimum atomic E-state index is -4.74. The molecule has 0 unspecified atom stereocenters. The van der Waals surface area contributed by atoms with Crippen LogP contribution in [0.2, 0.25) is 0 Å². The molecule has 0 aliphatic rings. The van der Waals surface area contributed by atoms with Gasteiger partial charge in [0, 0.05) is 12.4 Å². The molecule has 0 atom stereocenters. The molecule has 0 amide bonds. The van der Waals surface area contributed by atoms with E-state index < -0.39 is 12.7 Å². The van der Waals surface area contributed by atoms with Crippen LogP contribution in [0.3, 0.4) is 0 Å². The molecule has 4 aromatic heterocycles. The van der Waals surface area contributed by atoms with E-state index in [4.69, 9.17) is 14.5 Å². The zero-order valence-electron chi connectivity index (χ0n) is 30.3. The number of aromatic amines is 1. The zero-order chi connectivity index (χ0) is 41.4. The number of pyridine rings is 2. The van der Waals surface area contributed by atoms with Crippen LogP contribution in [-0.2, 0) is 0 Å². The van der Waals surface area contributed by atoms with E-state index in [9.17, 15) is 26.3 Å². The van der Waals surface area contributed by atoms with Crippen molar-refractivity contribution in [2.45, 2.75) is 26.6 Å². The molecule has 0 fully saturated rings. The lowest BCUT2D eigenvalue weighted by Crippen LogP contribution is -2.17. The maximum Gasteiger partial charge on any atom is 0.573 e. The number of nitrogens with zero attached hydrogens (tertiary/aromatic N) is 5. The first-order chi connectivity index (χ1) is 27.2. The molecule has 6 rings (SSSR count). The maximum absolute atomic E-state index is 12.3. The van der Waals surface area contributed by atoms with Gasteiger partial charge >= 0.3 is 20.4 Å². The molecule has 0 aliphatic carbocycles. The molecular weight excluding hydrogens is 761 g/mol. The number of methoxy groups -OCH3 is 2. The molecule has 1 radical (unpaired) electrons. The molecule has 0 bridgehead atoms. The Labute approximate surface area is 322 Å². The summed E-state index contributed by atoms with van der Waals surface area (Å²) >= 11 is 0. The second kappa shape index (κ2) is 20.0. The van der Waals surface area contributed by atoms with Gasteiger partial charge < -0.3 is 28.6 Å². The number of nitrogens with one attached hydrogen (secondary N) is 1. The van der Waals surface area contributed by atoms with E-state index >= 15 is 0 Å². The average molecular weight is 791 g/mol. The Morgan fingerprint density at radius 3 is 1.60 bits per heavy atom. The molecule has 0 spiro atoms. The monoisotopic (exact) mass is 791 g/mol. The molecule has 0 saturated carbocycles. The summed E-state index contributed by atoms with van der Waals surface area (Å²) in [4.78, 5) is 8.25. The smallest absolute Gasteiger partial charge is 0.537 e. The van der Waals surface area contributed by atoms with Gasteiger partial charge in [-0.3, -0.25) is 5.10 Å². The van der Waals surface area contributed by atoms with Crippen LogP contribution >= 0.6 is 0 Å². The van der Waals surface area contributed by atoms with Crippen molar-refractivity contribution in [1.82, 2.24) is 29.9 Å². The van der Waals surface area contributed by atoms with E-state index in [0.717, 1.165) is 29.1 Å². The second-order valence-corrected chi connectivity index (χ2v) is 10.8. The lowest BCUT2D eigenvalue weighted by Gasteiger charge is -2.09. The summed E-state index contributed by atoms with van der Waals surface area (Å²) in [5.74, 6) is 12.3. The summed E-state index contributed by atoms with van der Waals surface area (Å²) in [7, 11) is 3.47. The third-order valence-corrected chi connectivity index (χ3v) is 6.91. The highest BCUT2D eigenvalue weighted by Gasteiger charge is 2.31. The number of halogens is 6. The average Bonchev–Trinajstić information content (AvgIpc) is 3.71. The van der Waals surface area contributed by atoms with Crippen molar-refractivity contribution in [1.29, 1.82) is 0 Å². The lowest BCUT2D eigenvalue weighted by molar-refractivity contribution is -0.275. The van der Waals surface area contributed by atoms with E-state index in [1.54, 1.807) is 43.2 Å². The highest BCUT2D eigenvalue weighted by Crippen LogP contribution is 2.27.